The molecule has 0 aromatic carbocycles. The minimum Gasteiger partial charge on any atom is -0.481 e. The zero-order chi connectivity index (χ0) is 21.6. The van der Waals surface area contributed by atoms with Crippen LogP contribution in [-0.2, 0) is 16.1 Å². The number of aliphatic carboxylic acids is 2. The van der Waals surface area contributed by atoms with E-state index in [1.165, 1.54) is 6.42 Å². The standard InChI is InChI=1S/C16H18N4O.2C2H4O2/c17-13-1-2-19-14(6-13)11-4-15-12-3-10(7-18-8-12)9-20(15)16(21)5-11;2*1-2(3)4/h1-2,4-6,10,12,18H,3,7-9H2,(H2,17,19);2*1H3,(H,3,4)/t10-,12+;;/m0../s1. The molecule has 9 heteroatoms. The van der Waals surface area contributed by atoms with Crippen LogP contribution in [0.15, 0.2) is 35.3 Å². The number of aromatic nitrogens is 2. The molecule has 0 aliphatic carbocycles. The van der Waals surface area contributed by atoms with Crippen molar-refractivity contribution in [3.63, 3.8) is 0 Å². The van der Waals surface area contributed by atoms with Crippen LogP contribution in [0.3, 0.4) is 0 Å². The molecule has 0 spiro atoms. The lowest BCUT2D eigenvalue weighted by Gasteiger charge is -2.37. The molecule has 4 rings (SSSR count). The van der Waals surface area contributed by atoms with Gasteiger partial charge in [0.05, 0.1) is 5.69 Å². The Hall–Kier alpha value is -3.20. The van der Waals surface area contributed by atoms with Crippen LogP contribution in [0.4, 0.5) is 5.69 Å². The number of carboxylic acid groups (broad SMARTS) is 2. The fraction of sp³-hybridized carbons (Fsp3) is 0.400. The number of carboxylic acids is 2. The van der Waals surface area contributed by atoms with Crippen LogP contribution in [0.1, 0.15) is 31.9 Å². The second-order valence-corrected chi connectivity index (χ2v) is 7.09. The van der Waals surface area contributed by atoms with Crippen LogP contribution >= 0.6 is 0 Å². The van der Waals surface area contributed by atoms with Gasteiger partial charge in [0, 0.05) is 62.1 Å². The fourth-order valence-electron chi connectivity index (χ4n) is 3.56. The van der Waals surface area contributed by atoms with E-state index >= 15 is 0 Å². The summed E-state index contributed by atoms with van der Waals surface area (Å²) in [6, 6.07) is 7.36. The molecule has 5 N–H and O–H groups in total. The quantitative estimate of drug-likeness (QED) is 0.559. The molecule has 2 aliphatic rings. The van der Waals surface area contributed by atoms with Crippen molar-refractivity contribution in [1.29, 1.82) is 0 Å². The molecular formula is C20H26N4O5. The predicted octanol–water partition coefficient (Wildman–Crippen LogP) is 1.38. The van der Waals surface area contributed by atoms with E-state index in [9.17, 15) is 4.79 Å². The maximum atomic E-state index is 12.5. The zero-order valence-corrected chi connectivity index (χ0v) is 16.5. The first kappa shape index (κ1) is 22.1. The van der Waals surface area contributed by atoms with E-state index < -0.39 is 11.9 Å². The number of anilines is 1. The van der Waals surface area contributed by atoms with Crippen LogP contribution in [0.25, 0.3) is 11.3 Å². The summed E-state index contributed by atoms with van der Waals surface area (Å²) in [7, 11) is 0. The first-order chi connectivity index (χ1) is 13.7. The summed E-state index contributed by atoms with van der Waals surface area (Å²) in [5.74, 6) is -0.670. The van der Waals surface area contributed by atoms with Gasteiger partial charge in [0.2, 0.25) is 0 Å². The number of nitrogens with two attached hydrogens (primary N) is 1. The van der Waals surface area contributed by atoms with Gasteiger partial charge in [0.15, 0.2) is 0 Å². The van der Waals surface area contributed by atoms with Gasteiger partial charge in [-0.1, -0.05) is 0 Å². The second-order valence-electron chi connectivity index (χ2n) is 7.09. The van der Waals surface area contributed by atoms with Crippen molar-refractivity contribution in [2.45, 2.75) is 32.7 Å². The highest BCUT2D eigenvalue weighted by Gasteiger charge is 2.31. The molecule has 0 amide bonds. The van der Waals surface area contributed by atoms with Gasteiger partial charge in [0.25, 0.3) is 17.5 Å². The molecule has 29 heavy (non-hydrogen) atoms. The normalized spacial score (nSPS) is 18.8. The van der Waals surface area contributed by atoms with Crippen LogP contribution in [0.5, 0.6) is 0 Å². The molecule has 0 radical (unpaired) electrons. The maximum absolute atomic E-state index is 12.5. The summed E-state index contributed by atoms with van der Waals surface area (Å²) in [6.07, 6.45) is 2.85. The number of hydrogen-bond donors (Lipinski definition) is 4. The minimum atomic E-state index is -0.833. The molecular weight excluding hydrogens is 376 g/mol. The molecule has 1 fully saturated rings. The number of rotatable bonds is 1. The first-order valence-corrected chi connectivity index (χ1v) is 9.23. The van der Waals surface area contributed by atoms with E-state index in [0.717, 1.165) is 50.4 Å². The van der Waals surface area contributed by atoms with Crippen molar-refractivity contribution < 1.29 is 19.8 Å². The number of nitrogens with zero attached hydrogens (tertiary/aromatic N) is 2. The van der Waals surface area contributed by atoms with Gasteiger partial charge in [-0.25, -0.2) is 0 Å². The molecule has 2 aromatic rings. The average molecular weight is 402 g/mol. The number of piperidine rings is 1. The van der Waals surface area contributed by atoms with Crippen molar-refractivity contribution >= 4 is 17.6 Å². The Kier molecular flexibility index (Phi) is 7.49. The largest absolute Gasteiger partial charge is 0.481 e. The molecule has 9 nitrogen and oxygen atoms in total. The van der Waals surface area contributed by atoms with Crippen molar-refractivity contribution in [2.75, 3.05) is 18.8 Å². The van der Waals surface area contributed by atoms with Crippen molar-refractivity contribution in [2.24, 2.45) is 5.92 Å². The number of hydrogen-bond acceptors (Lipinski definition) is 6. The lowest BCUT2D eigenvalue weighted by Crippen LogP contribution is -2.44. The number of pyridine rings is 2. The Bertz CT molecular complexity index is 921. The van der Waals surface area contributed by atoms with E-state index in [-0.39, 0.29) is 5.56 Å². The monoisotopic (exact) mass is 402 g/mol. The zero-order valence-electron chi connectivity index (χ0n) is 16.5. The molecule has 2 bridgehead atoms. The highest BCUT2D eigenvalue weighted by molar-refractivity contribution is 5.64. The van der Waals surface area contributed by atoms with Gasteiger partial charge in [-0.3, -0.25) is 19.4 Å². The Morgan fingerprint density at radius 1 is 1.17 bits per heavy atom. The van der Waals surface area contributed by atoms with Crippen LogP contribution < -0.4 is 16.6 Å². The Morgan fingerprint density at radius 2 is 1.83 bits per heavy atom. The first-order valence-electron chi connectivity index (χ1n) is 9.23. The van der Waals surface area contributed by atoms with Crippen LogP contribution in [-0.4, -0.2) is 44.8 Å². The summed E-state index contributed by atoms with van der Waals surface area (Å²) in [5.41, 5.74) is 9.31. The van der Waals surface area contributed by atoms with Gasteiger partial charge in [0.1, 0.15) is 0 Å². The number of nitrogen functional groups attached to an aromatic ring is 1. The highest BCUT2D eigenvalue weighted by atomic mass is 16.4. The number of nitrogens with one attached hydrogen (secondary N) is 1. The van der Waals surface area contributed by atoms with E-state index in [1.807, 2.05) is 10.6 Å². The topological polar surface area (TPSA) is 148 Å². The average Bonchev–Trinajstić information content (AvgIpc) is 2.62. The number of fused-ring (bicyclic) bond motifs is 4. The number of carbonyl (C=O) groups is 2. The SMILES string of the molecule is CC(=O)O.CC(=O)O.Nc1ccnc(-c2cc3n(c(=O)c2)C[C@@H]2CNC[C@H]3C2)c1. The van der Waals surface area contributed by atoms with E-state index in [0.29, 0.717) is 17.5 Å². The summed E-state index contributed by atoms with van der Waals surface area (Å²) in [4.78, 5) is 34.8. The molecule has 2 aromatic heterocycles. The molecule has 2 aliphatic heterocycles. The minimum absolute atomic E-state index is 0.0725. The van der Waals surface area contributed by atoms with Gasteiger partial charge in [-0.05, 0) is 37.1 Å². The van der Waals surface area contributed by atoms with Crippen molar-refractivity contribution in [1.82, 2.24) is 14.9 Å². The van der Waals surface area contributed by atoms with Crippen molar-refractivity contribution in [3.8, 4) is 11.3 Å². The smallest absolute Gasteiger partial charge is 0.300 e. The molecule has 1 saturated heterocycles. The second kappa shape index (κ2) is 9.83. The van der Waals surface area contributed by atoms with Gasteiger partial charge < -0.3 is 25.8 Å². The molecule has 0 saturated carbocycles. The molecule has 0 unspecified atom stereocenters. The molecule has 2 atom stereocenters. The van der Waals surface area contributed by atoms with E-state index in [1.54, 1.807) is 18.3 Å². The van der Waals surface area contributed by atoms with Crippen LogP contribution in [0.2, 0.25) is 0 Å². The molecule has 156 valence electrons. The lowest BCUT2D eigenvalue weighted by atomic mass is 9.83. The Balaban J connectivity index is 0.000000324. The lowest BCUT2D eigenvalue weighted by molar-refractivity contribution is -0.135. The summed E-state index contributed by atoms with van der Waals surface area (Å²) in [6.45, 7) is 4.95. The van der Waals surface area contributed by atoms with E-state index in [4.69, 9.17) is 25.5 Å². The summed E-state index contributed by atoms with van der Waals surface area (Å²) < 4.78 is 1.94. The Labute approximate surface area is 168 Å². The summed E-state index contributed by atoms with van der Waals surface area (Å²) >= 11 is 0. The highest BCUT2D eigenvalue weighted by Crippen LogP contribution is 2.33. The third-order valence-corrected chi connectivity index (χ3v) is 4.54. The predicted molar refractivity (Wildman–Crippen MR) is 109 cm³/mol. The third-order valence-electron chi connectivity index (χ3n) is 4.54. The van der Waals surface area contributed by atoms with Gasteiger partial charge >= 0.3 is 0 Å². The maximum Gasteiger partial charge on any atom is 0.300 e. The molecule has 4 heterocycles. The van der Waals surface area contributed by atoms with E-state index in [2.05, 4.69) is 16.4 Å². The summed E-state index contributed by atoms with van der Waals surface area (Å²) in [5, 5.41) is 18.3. The van der Waals surface area contributed by atoms with Gasteiger partial charge in [-0.15, -0.1) is 0 Å². The van der Waals surface area contributed by atoms with Crippen LogP contribution in [0, 0.1) is 5.92 Å². The fourth-order valence-corrected chi connectivity index (χ4v) is 3.56. The van der Waals surface area contributed by atoms with Gasteiger partial charge in [-0.2, -0.15) is 0 Å². The van der Waals surface area contributed by atoms with Crippen molar-refractivity contribution in [3.05, 3.63) is 46.5 Å². The Morgan fingerprint density at radius 3 is 2.45 bits per heavy atom. The third kappa shape index (κ3) is 6.42.